The van der Waals surface area contributed by atoms with Crippen molar-refractivity contribution < 1.29 is 9.47 Å². The molecule has 0 bridgehead atoms. The summed E-state index contributed by atoms with van der Waals surface area (Å²) >= 11 is 3.47. The first-order valence-electron chi connectivity index (χ1n) is 9.18. The van der Waals surface area contributed by atoms with Gasteiger partial charge >= 0.3 is 0 Å². The number of nitriles is 1. The van der Waals surface area contributed by atoms with E-state index in [9.17, 15) is 10.1 Å². The molecule has 0 spiro atoms. The summed E-state index contributed by atoms with van der Waals surface area (Å²) in [7, 11) is 0. The molecule has 2 N–H and O–H groups in total. The number of fused-ring (bicyclic) bond motifs is 1. The summed E-state index contributed by atoms with van der Waals surface area (Å²) in [4.78, 5) is 13.5. The van der Waals surface area contributed by atoms with Crippen LogP contribution in [0.4, 0.5) is 0 Å². The van der Waals surface area contributed by atoms with Crippen LogP contribution in [0.2, 0.25) is 0 Å². The predicted octanol–water partition coefficient (Wildman–Crippen LogP) is 3.32. The van der Waals surface area contributed by atoms with Gasteiger partial charge in [0.15, 0.2) is 0 Å². The molecule has 1 aromatic carbocycles. The van der Waals surface area contributed by atoms with Crippen LogP contribution in [0, 0.1) is 18.3 Å². The van der Waals surface area contributed by atoms with Crippen molar-refractivity contribution in [3.8, 4) is 11.8 Å². The number of nitrogens with zero attached hydrogens (tertiary/aromatic N) is 2. The number of pyridine rings is 1. The Morgan fingerprint density at radius 2 is 2.21 bits per heavy atom. The molecule has 1 fully saturated rings. The third-order valence-corrected chi connectivity index (χ3v) is 5.78. The number of nitrogens with two attached hydrogens (primary N) is 1. The van der Waals surface area contributed by atoms with Gasteiger partial charge in [0.1, 0.15) is 17.4 Å². The lowest BCUT2D eigenvalue weighted by molar-refractivity contribution is 0.0955. The normalized spacial score (nSPS) is 21.2. The van der Waals surface area contributed by atoms with Gasteiger partial charge in [-0.2, -0.15) is 5.26 Å². The van der Waals surface area contributed by atoms with Crippen LogP contribution >= 0.6 is 15.9 Å². The average Bonchev–Trinajstić information content (AvgIpc) is 3.17. The first-order valence-corrected chi connectivity index (χ1v) is 9.98. The summed E-state index contributed by atoms with van der Waals surface area (Å²) < 4.78 is 14.0. The Labute approximate surface area is 171 Å². The Bertz CT molecular complexity index is 1060. The molecule has 1 aromatic heterocycles. The highest BCUT2D eigenvalue weighted by Crippen LogP contribution is 2.41. The maximum absolute atomic E-state index is 13.5. The van der Waals surface area contributed by atoms with Gasteiger partial charge in [-0.3, -0.25) is 4.79 Å². The lowest BCUT2D eigenvalue weighted by Crippen LogP contribution is -2.35. The van der Waals surface area contributed by atoms with E-state index in [-0.39, 0.29) is 23.1 Å². The van der Waals surface area contributed by atoms with Crippen molar-refractivity contribution in [3.05, 3.63) is 73.4 Å². The quantitative estimate of drug-likeness (QED) is 0.788. The number of allylic oxidation sites excluding steroid dienone is 1. The van der Waals surface area contributed by atoms with Gasteiger partial charge in [0.2, 0.25) is 5.88 Å². The lowest BCUT2D eigenvalue weighted by Gasteiger charge is -2.28. The zero-order valence-electron chi connectivity index (χ0n) is 15.4. The molecule has 4 rings (SSSR count). The van der Waals surface area contributed by atoms with Crippen LogP contribution in [-0.2, 0) is 11.3 Å². The van der Waals surface area contributed by atoms with Crippen molar-refractivity contribution in [3.63, 3.8) is 0 Å². The van der Waals surface area contributed by atoms with Gasteiger partial charge in [-0.25, -0.2) is 0 Å². The van der Waals surface area contributed by atoms with E-state index in [2.05, 4.69) is 22.0 Å². The molecule has 144 valence electrons. The van der Waals surface area contributed by atoms with Crippen molar-refractivity contribution in [1.82, 2.24) is 4.57 Å². The van der Waals surface area contributed by atoms with E-state index in [1.807, 2.05) is 37.3 Å². The largest absolute Gasteiger partial charge is 0.440 e. The lowest BCUT2D eigenvalue weighted by atomic mass is 9.84. The van der Waals surface area contributed by atoms with E-state index >= 15 is 0 Å². The van der Waals surface area contributed by atoms with Crippen LogP contribution in [0.15, 0.2) is 51.1 Å². The van der Waals surface area contributed by atoms with Crippen LogP contribution in [-0.4, -0.2) is 17.3 Å². The first kappa shape index (κ1) is 18.8. The van der Waals surface area contributed by atoms with Crippen molar-refractivity contribution in [2.45, 2.75) is 38.3 Å². The van der Waals surface area contributed by atoms with Gasteiger partial charge in [0.05, 0.1) is 24.1 Å². The second kappa shape index (κ2) is 7.46. The minimum Gasteiger partial charge on any atom is -0.440 e. The summed E-state index contributed by atoms with van der Waals surface area (Å²) in [5.41, 5.74) is 8.13. The van der Waals surface area contributed by atoms with Crippen molar-refractivity contribution in [1.29, 1.82) is 5.26 Å². The highest BCUT2D eigenvalue weighted by atomic mass is 79.9. The van der Waals surface area contributed by atoms with Crippen LogP contribution in [0.5, 0.6) is 5.75 Å². The Balaban J connectivity index is 1.90. The maximum atomic E-state index is 13.5. The zero-order chi connectivity index (χ0) is 19.8. The Morgan fingerprint density at radius 1 is 1.39 bits per heavy atom. The minimum atomic E-state index is -0.574. The van der Waals surface area contributed by atoms with Gasteiger partial charge in [-0.1, -0.05) is 28.1 Å². The fraction of sp³-hybridized carbons (Fsp3) is 0.333. The molecule has 7 heteroatoms. The fourth-order valence-electron chi connectivity index (χ4n) is 3.92. The van der Waals surface area contributed by atoms with E-state index in [0.29, 0.717) is 17.9 Å². The number of aromatic nitrogens is 1. The number of halogens is 1. The van der Waals surface area contributed by atoms with E-state index in [4.69, 9.17) is 15.2 Å². The summed E-state index contributed by atoms with van der Waals surface area (Å²) in [6, 6.07) is 11.5. The van der Waals surface area contributed by atoms with Crippen LogP contribution < -0.4 is 16.0 Å². The van der Waals surface area contributed by atoms with Gasteiger partial charge in [-0.05, 0) is 37.5 Å². The number of ether oxygens (including phenoxy) is 2. The zero-order valence-corrected chi connectivity index (χ0v) is 17.0. The highest BCUT2D eigenvalue weighted by molar-refractivity contribution is 9.10. The van der Waals surface area contributed by atoms with E-state index in [1.165, 1.54) is 0 Å². The smallest absolute Gasteiger partial charge is 0.258 e. The standard InChI is InChI=1S/C21H20BrN3O3/c1-12-8-17-19(21(26)25(12)11-15-6-3-7-27-15)18(16(10-23)20(24)28-17)13-4-2-5-14(22)9-13/h2,4-5,8-9,15,18H,3,6-7,11,24H2,1H3/t15-,18+/m1/s1. The molecular formula is C21H20BrN3O3. The number of hydrogen-bond donors (Lipinski definition) is 1. The van der Waals surface area contributed by atoms with Crippen LogP contribution in [0.1, 0.15) is 35.6 Å². The molecule has 2 aliphatic heterocycles. The monoisotopic (exact) mass is 441 g/mol. The molecule has 0 unspecified atom stereocenters. The van der Waals surface area contributed by atoms with E-state index in [1.54, 1.807) is 4.57 Å². The summed E-state index contributed by atoms with van der Waals surface area (Å²) in [5.74, 6) is -0.127. The van der Waals surface area contributed by atoms with E-state index in [0.717, 1.165) is 35.2 Å². The molecule has 1 saturated heterocycles. The third-order valence-electron chi connectivity index (χ3n) is 5.28. The third kappa shape index (κ3) is 3.23. The number of benzene rings is 1. The fourth-order valence-corrected chi connectivity index (χ4v) is 4.34. The second-order valence-corrected chi connectivity index (χ2v) is 8.01. The van der Waals surface area contributed by atoms with Gasteiger partial charge in [-0.15, -0.1) is 0 Å². The molecule has 0 saturated carbocycles. The summed E-state index contributed by atoms with van der Waals surface area (Å²) in [6.45, 7) is 3.09. The summed E-state index contributed by atoms with van der Waals surface area (Å²) in [5, 5.41) is 9.72. The van der Waals surface area contributed by atoms with Gasteiger partial charge in [0, 0.05) is 22.8 Å². The molecule has 2 atom stereocenters. The highest BCUT2D eigenvalue weighted by Gasteiger charge is 2.34. The number of aryl methyl sites for hydroxylation is 1. The Morgan fingerprint density at radius 3 is 2.89 bits per heavy atom. The molecule has 2 aromatic rings. The molecule has 3 heterocycles. The molecular weight excluding hydrogens is 422 g/mol. The van der Waals surface area contributed by atoms with E-state index < -0.39 is 5.92 Å². The molecule has 2 aliphatic rings. The minimum absolute atomic E-state index is 0.0272. The number of rotatable bonds is 3. The van der Waals surface area contributed by atoms with Gasteiger partial charge in [0.25, 0.3) is 5.56 Å². The molecule has 0 aliphatic carbocycles. The van der Waals surface area contributed by atoms with Gasteiger partial charge < -0.3 is 19.8 Å². The SMILES string of the molecule is Cc1cc2c(c(=O)n1C[C@H]1CCCO1)[C@@H](c1cccc(Br)c1)C(C#N)=C(N)O2. The first-order chi connectivity index (χ1) is 13.5. The maximum Gasteiger partial charge on any atom is 0.258 e. The molecule has 28 heavy (non-hydrogen) atoms. The Hall–Kier alpha value is -2.56. The predicted molar refractivity (Wildman–Crippen MR) is 108 cm³/mol. The van der Waals surface area contributed by atoms with Crippen molar-refractivity contribution >= 4 is 15.9 Å². The summed E-state index contributed by atoms with van der Waals surface area (Å²) in [6.07, 6.45) is 1.97. The van der Waals surface area contributed by atoms with Crippen LogP contribution in [0.25, 0.3) is 0 Å². The average molecular weight is 442 g/mol. The van der Waals surface area contributed by atoms with Crippen molar-refractivity contribution in [2.75, 3.05) is 6.61 Å². The number of hydrogen-bond acceptors (Lipinski definition) is 5. The second-order valence-electron chi connectivity index (χ2n) is 7.09. The van der Waals surface area contributed by atoms with Crippen molar-refractivity contribution in [2.24, 2.45) is 5.73 Å². The Kier molecular flexibility index (Phi) is 5.00. The van der Waals surface area contributed by atoms with Crippen LogP contribution in [0.3, 0.4) is 0 Å². The molecule has 0 radical (unpaired) electrons. The molecule has 0 amide bonds. The molecule has 6 nitrogen and oxygen atoms in total. The topological polar surface area (TPSA) is 90.3 Å².